The maximum absolute atomic E-state index is 13.8. The molecular formula is C15H20ClF2N3O3. The fraction of sp³-hybridized carbons (Fsp3) is 0.467. The Morgan fingerprint density at radius 3 is 2.67 bits per heavy atom. The Balaban J connectivity index is 0.00000288. The van der Waals surface area contributed by atoms with E-state index in [1.54, 1.807) is 7.11 Å². The minimum Gasteiger partial charge on any atom is -0.383 e. The Bertz CT molecular complexity index is 569. The third-order valence-electron chi connectivity index (χ3n) is 3.52. The first-order chi connectivity index (χ1) is 11.0. The van der Waals surface area contributed by atoms with Gasteiger partial charge in [0.05, 0.1) is 13.2 Å². The van der Waals surface area contributed by atoms with Gasteiger partial charge in [0.15, 0.2) is 0 Å². The highest BCUT2D eigenvalue weighted by Crippen LogP contribution is 2.27. The van der Waals surface area contributed by atoms with Gasteiger partial charge in [0.2, 0.25) is 11.8 Å². The van der Waals surface area contributed by atoms with E-state index in [9.17, 15) is 18.4 Å². The quantitative estimate of drug-likeness (QED) is 0.704. The van der Waals surface area contributed by atoms with E-state index in [1.165, 1.54) is 6.07 Å². The average molecular weight is 364 g/mol. The number of halogens is 3. The van der Waals surface area contributed by atoms with Crippen molar-refractivity contribution in [3.05, 3.63) is 29.8 Å². The van der Waals surface area contributed by atoms with Crippen LogP contribution in [-0.4, -0.2) is 51.2 Å². The van der Waals surface area contributed by atoms with Gasteiger partial charge < -0.3 is 20.3 Å². The molecule has 0 radical (unpaired) electrons. The van der Waals surface area contributed by atoms with Crippen LogP contribution >= 0.6 is 12.4 Å². The Morgan fingerprint density at radius 2 is 2.04 bits per heavy atom. The summed E-state index contributed by atoms with van der Waals surface area (Å²) in [6.07, 6.45) is 0.302. The maximum atomic E-state index is 13.8. The monoisotopic (exact) mass is 363 g/mol. The van der Waals surface area contributed by atoms with E-state index in [0.717, 1.165) is 17.0 Å². The van der Waals surface area contributed by atoms with E-state index >= 15 is 0 Å². The van der Waals surface area contributed by atoms with Crippen molar-refractivity contribution in [1.29, 1.82) is 0 Å². The molecule has 1 aromatic carbocycles. The molecule has 0 saturated carbocycles. The van der Waals surface area contributed by atoms with Crippen molar-refractivity contribution in [1.82, 2.24) is 10.6 Å². The number of nitrogens with one attached hydrogen (secondary N) is 2. The zero-order chi connectivity index (χ0) is 16.8. The zero-order valence-electron chi connectivity index (χ0n) is 13.2. The predicted octanol–water partition coefficient (Wildman–Crippen LogP) is 0.844. The number of carbonyl (C=O) groups excluding carboxylic acids is 2. The van der Waals surface area contributed by atoms with Gasteiger partial charge in [0.25, 0.3) is 0 Å². The SMILES string of the molecule is COCCNCC(=O)NC1CCN(c2c(F)cccc2F)C1=O.Cl. The van der Waals surface area contributed by atoms with Crippen molar-refractivity contribution in [2.24, 2.45) is 0 Å². The number of nitrogens with zero attached hydrogens (tertiary/aromatic N) is 1. The normalized spacial score (nSPS) is 16.9. The van der Waals surface area contributed by atoms with Crippen LogP contribution in [0.3, 0.4) is 0 Å². The van der Waals surface area contributed by atoms with Crippen molar-refractivity contribution in [3.63, 3.8) is 0 Å². The number of carbonyl (C=O) groups is 2. The van der Waals surface area contributed by atoms with Gasteiger partial charge in [-0.05, 0) is 18.6 Å². The number of rotatable bonds is 7. The summed E-state index contributed by atoms with van der Waals surface area (Å²) in [6.45, 7) is 1.17. The van der Waals surface area contributed by atoms with E-state index < -0.39 is 23.6 Å². The van der Waals surface area contributed by atoms with Crippen molar-refractivity contribution in [2.75, 3.05) is 38.3 Å². The fourth-order valence-electron chi connectivity index (χ4n) is 2.40. The van der Waals surface area contributed by atoms with Gasteiger partial charge in [-0.25, -0.2) is 8.78 Å². The Hall–Kier alpha value is -1.77. The van der Waals surface area contributed by atoms with Crippen molar-refractivity contribution >= 4 is 29.9 Å². The smallest absolute Gasteiger partial charge is 0.249 e. The van der Waals surface area contributed by atoms with Crippen LogP contribution < -0.4 is 15.5 Å². The molecular weight excluding hydrogens is 344 g/mol. The molecule has 1 aromatic rings. The highest BCUT2D eigenvalue weighted by molar-refractivity contribution is 6.01. The van der Waals surface area contributed by atoms with Crippen LogP contribution in [0, 0.1) is 11.6 Å². The number of hydrogen-bond acceptors (Lipinski definition) is 4. The first-order valence-electron chi connectivity index (χ1n) is 7.29. The Morgan fingerprint density at radius 1 is 1.38 bits per heavy atom. The number of methoxy groups -OCH3 is 1. The fourth-order valence-corrected chi connectivity index (χ4v) is 2.40. The largest absolute Gasteiger partial charge is 0.383 e. The van der Waals surface area contributed by atoms with Crippen molar-refractivity contribution in [3.8, 4) is 0 Å². The van der Waals surface area contributed by atoms with Crippen LogP contribution in [0.5, 0.6) is 0 Å². The lowest BCUT2D eigenvalue weighted by Crippen LogP contribution is -2.45. The molecule has 1 aliphatic heterocycles. The van der Waals surface area contributed by atoms with Gasteiger partial charge in [-0.15, -0.1) is 12.4 Å². The standard InChI is InChI=1S/C15H19F2N3O3.ClH/c1-23-8-6-18-9-13(21)19-12-5-7-20(15(12)22)14-10(16)3-2-4-11(14)17;/h2-4,12,18H,5-9H2,1H3,(H,19,21);1H. The van der Waals surface area contributed by atoms with Gasteiger partial charge in [-0.3, -0.25) is 9.59 Å². The summed E-state index contributed by atoms with van der Waals surface area (Å²) in [4.78, 5) is 25.0. The average Bonchev–Trinajstić information content (AvgIpc) is 2.85. The lowest BCUT2D eigenvalue weighted by Gasteiger charge is -2.18. The number of anilines is 1. The Labute approximate surface area is 144 Å². The summed E-state index contributed by atoms with van der Waals surface area (Å²) in [5.41, 5.74) is -0.368. The summed E-state index contributed by atoms with van der Waals surface area (Å²) >= 11 is 0. The van der Waals surface area contributed by atoms with Gasteiger partial charge >= 0.3 is 0 Å². The minimum absolute atomic E-state index is 0. The topological polar surface area (TPSA) is 70.7 Å². The van der Waals surface area contributed by atoms with E-state index in [1.807, 2.05) is 0 Å². The molecule has 0 spiro atoms. The molecule has 2 rings (SSSR count). The molecule has 1 heterocycles. The molecule has 1 atom stereocenters. The van der Waals surface area contributed by atoms with Gasteiger partial charge in [0, 0.05) is 20.2 Å². The second-order valence-corrected chi connectivity index (χ2v) is 5.14. The summed E-state index contributed by atoms with van der Waals surface area (Å²) in [5.74, 6) is -2.47. The van der Waals surface area contributed by atoms with Gasteiger partial charge in [-0.2, -0.15) is 0 Å². The number of amides is 2. The number of para-hydroxylation sites is 1. The number of ether oxygens (including phenoxy) is 1. The summed E-state index contributed by atoms with van der Waals surface area (Å²) in [7, 11) is 1.55. The second kappa shape index (κ2) is 9.51. The van der Waals surface area contributed by atoms with Gasteiger partial charge in [0.1, 0.15) is 23.4 Å². The predicted molar refractivity (Wildman–Crippen MR) is 87.3 cm³/mol. The van der Waals surface area contributed by atoms with E-state index in [2.05, 4.69) is 10.6 Å². The van der Waals surface area contributed by atoms with Crippen LogP contribution in [0.15, 0.2) is 18.2 Å². The molecule has 1 fully saturated rings. The maximum Gasteiger partial charge on any atom is 0.249 e. The highest BCUT2D eigenvalue weighted by atomic mass is 35.5. The molecule has 2 amide bonds. The molecule has 6 nitrogen and oxygen atoms in total. The molecule has 1 unspecified atom stereocenters. The minimum atomic E-state index is -0.799. The summed E-state index contributed by atoms with van der Waals surface area (Å²) in [6, 6.07) is 2.65. The third kappa shape index (κ3) is 4.86. The van der Waals surface area contributed by atoms with Gasteiger partial charge in [-0.1, -0.05) is 6.07 Å². The number of benzene rings is 1. The van der Waals surface area contributed by atoms with Crippen LogP contribution in [0.25, 0.3) is 0 Å². The zero-order valence-corrected chi connectivity index (χ0v) is 14.0. The molecule has 0 aromatic heterocycles. The summed E-state index contributed by atoms with van der Waals surface area (Å²) < 4.78 is 32.4. The molecule has 1 aliphatic rings. The lowest BCUT2D eigenvalue weighted by atomic mass is 10.2. The van der Waals surface area contributed by atoms with Crippen LogP contribution in [0.2, 0.25) is 0 Å². The van der Waals surface area contributed by atoms with E-state index in [0.29, 0.717) is 19.6 Å². The Kier molecular flexibility index (Phi) is 8.03. The van der Waals surface area contributed by atoms with Crippen molar-refractivity contribution in [2.45, 2.75) is 12.5 Å². The van der Waals surface area contributed by atoms with Crippen LogP contribution in [0.4, 0.5) is 14.5 Å². The van der Waals surface area contributed by atoms with E-state index in [-0.39, 0.29) is 37.1 Å². The first kappa shape index (κ1) is 20.3. The molecule has 134 valence electrons. The second-order valence-electron chi connectivity index (χ2n) is 5.14. The third-order valence-corrected chi connectivity index (χ3v) is 3.52. The highest BCUT2D eigenvalue weighted by Gasteiger charge is 2.36. The molecule has 9 heteroatoms. The molecule has 2 N–H and O–H groups in total. The number of hydrogen-bond donors (Lipinski definition) is 2. The summed E-state index contributed by atoms with van der Waals surface area (Å²) in [5, 5.41) is 5.42. The van der Waals surface area contributed by atoms with Crippen LogP contribution in [-0.2, 0) is 14.3 Å². The first-order valence-corrected chi connectivity index (χ1v) is 7.29. The molecule has 0 bridgehead atoms. The van der Waals surface area contributed by atoms with Crippen molar-refractivity contribution < 1.29 is 23.1 Å². The van der Waals surface area contributed by atoms with Crippen LogP contribution in [0.1, 0.15) is 6.42 Å². The lowest BCUT2D eigenvalue weighted by molar-refractivity contribution is -0.125. The molecule has 1 saturated heterocycles. The van der Waals surface area contributed by atoms with E-state index in [4.69, 9.17) is 4.74 Å². The molecule has 0 aliphatic carbocycles. The molecule has 24 heavy (non-hydrogen) atoms.